The van der Waals surface area contributed by atoms with E-state index in [9.17, 15) is 0 Å². The maximum atomic E-state index is 8.61. The Hall–Kier alpha value is -1.75. The van der Waals surface area contributed by atoms with Crippen molar-refractivity contribution in [3.8, 4) is 11.4 Å². The second kappa shape index (κ2) is 4.91. The molecule has 2 heterocycles. The fourth-order valence-electron chi connectivity index (χ4n) is 1.85. The van der Waals surface area contributed by atoms with Gasteiger partial charge in [-0.25, -0.2) is 0 Å². The summed E-state index contributed by atoms with van der Waals surface area (Å²) in [5, 5.41) is -0.220. The quantitative estimate of drug-likeness (QED) is 0.478. The van der Waals surface area contributed by atoms with E-state index in [0.717, 1.165) is 11.3 Å². The van der Waals surface area contributed by atoms with E-state index >= 15 is 0 Å². The monoisotopic (exact) mass is 338 g/mol. The molecule has 2 aromatic carbocycles. The van der Waals surface area contributed by atoms with Crippen molar-refractivity contribution in [3.05, 3.63) is 52.9 Å². The lowest BCUT2D eigenvalue weighted by Gasteiger charge is -2.01. The Kier molecular flexibility index (Phi) is 1.75. The van der Waals surface area contributed by atoms with E-state index < -0.39 is 12.1 Å². The van der Waals surface area contributed by atoms with Crippen LogP contribution in [0.3, 0.4) is 0 Å². The lowest BCUT2D eigenvalue weighted by atomic mass is 10.1. The topological polar surface area (TPSA) is 38.7 Å². The summed E-state index contributed by atoms with van der Waals surface area (Å²) in [6.07, 6.45) is 0. The summed E-state index contributed by atoms with van der Waals surface area (Å²) < 4.78 is 57.8. The van der Waals surface area contributed by atoms with Crippen LogP contribution in [0.2, 0.25) is 10.6 Å². The summed E-state index contributed by atoms with van der Waals surface area (Å²) in [5.41, 5.74) is -0.115. The second-order valence-electron chi connectivity index (χ2n) is 3.96. The number of aromatic nitrogens is 3. The normalized spacial score (nSPS) is 16.0. The highest BCUT2D eigenvalue weighted by Crippen LogP contribution is 2.35. The van der Waals surface area contributed by atoms with Gasteiger partial charge in [0.05, 0.1) is 9.60 Å². The minimum Gasteiger partial charge on any atom is -0.198 e. The fraction of sp³-hybridized carbons (Fsp3) is 0. The highest BCUT2D eigenvalue weighted by Gasteiger charge is 2.09. The Labute approximate surface area is 144 Å². The summed E-state index contributed by atoms with van der Waals surface area (Å²) in [4.78, 5) is 11.4. The maximum absolute atomic E-state index is 8.61. The largest absolute Gasteiger partial charge is 0.227 e. The molecule has 0 saturated heterocycles. The van der Waals surface area contributed by atoms with Crippen LogP contribution in [0.5, 0.6) is 0 Å². The molecule has 0 aliphatic carbocycles. The van der Waals surface area contributed by atoms with Gasteiger partial charge >= 0.3 is 0 Å². The van der Waals surface area contributed by atoms with Crippen molar-refractivity contribution in [2.24, 2.45) is 0 Å². The van der Waals surface area contributed by atoms with E-state index in [-0.39, 0.29) is 72.3 Å². The number of hydrogen-bond acceptors (Lipinski definition) is 4. The predicted octanol–water partition coefficient (Wildman–Crippen LogP) is 5.21. The first-order valence-corrected chi connectivity index (χ1v) is 7.20. The van der Waals surface area contributed by atoms with Crippen molar-refractivity contribution in [1.29, 1.82) is 0 Å². The molecule has 0 aliphatic heterocycles. The van der Waals surface area contributed by atoms with Gasteiger partial charge in [-0.05, 0) is 47.4 Å². The molecular formula is C15H7Cl2N3S. The van der Waals surface area contributed by atoms with Gasteiger partial charge in [0.15, 0.2) is 5.82 Å². The van der Waals surface area contributed by atoms with Crippen molar-refractivity contribution in [2.45, 2.75) is 0 Å². The Bertz CT molecular complexity index is 1310. The van der Waals surface area contributed by atoms with Crippen molar-refractivity contribution < 1.29 is 9.60 Å². The van der Waals surface area contributed by atoms with Crippen LogP contribution in [-0.2, 0) is 0 Å². The maximum Gasteiger partial charge on any atom is 0.227 e. The molecule has 6 heteroatoms. The zero-order valence-corrected chi connectivity index (χ0v) is 12.3. The van der Waals surface area contributed by atoms with Gasteiger partial charge in [0, 0.05) is 25.7 Å². The Morgan fingerprint density at radius 3 is 2.38 bits per heavy atom. The number of fused-ring (bicyclic) bond motifs is 3. The third kappa shape index (κ3) is 2.25. The first-order chi connectivity index (χ1) is 13.1. The van der Waals surface area contributed by atoms with Crippen LogP contribution in [0.25, 0.3) is 31.6 Å². The van der Waals surface area contributed by atoms with Gasteiger partial charge in [0.25, 0.3) is 0 Å². The Morgan fingerprint density at radius 1 is 0.857 bits per heavy atom. The van der Waals surface area contributed by atoms with Gasteiger partial charge in [-0.3, -0.25) is 0 Å². The molecule has 0 fully saturated rings. The summed E-state index contributed by atoms with van der Waals surface area (Å²) in [6.45, 7) is 0. The molecule has 102 valence electrons. The summed E-state index contributed by atoms with van der Waals surface area (Å²) in [5.74, 6) is -0.157. The summed E-state index contributed by atoms with van der Waals surface area (Å²) >= 11 is 12.6. The molecule has 0 amide bonds. The molecule has 4 aromatic rings. The standard InChI is InChI=1S/C15H7Cl2N3S/c16-14-18-13(19-15(17)20-14)8-5-6-12-10(7-8)9-3-1-2-4-11(9)21-12/h1-7H/i1D,2D,3D,4D,5D,6D,7D. The van der Waals surface area contributed by atoms with Gasteiger partial charge in [-0.2, -0.15) is 15.0 Å². The van der Waals surface area contributed by atoms with Crippen LogP contribution in [-0.4, -0.2) is 15.0 Å². The molecule has 0 spiro atoms. The van der Waals surface area contributed by atoms with Crippen LogP contribution in [0, 0.1) is 0 Å². The third-order valence-corrected chi connectivity index (χ3v) is 4.05. The van der Waals surface area contributed by atoms with E-state index in [4.69, 9.17) is 32.8 Å². The summed E-state index contributed by atoms with van der Waals surface area (Å²) in [6, 6.07) is -2.23. The van der Waals surface area contributed by atoms with E-state index in [1.54, 1.807) is 0 Å². The zero-order chi connectivity index (χ0) is 20.5. The van der Waals surface area contributed by atoms with Crippen molar-refractivity contribution in [1.82, 2.24) is 15.0 Å². The molecule has 2 aromatic heterocycles. The minimum atomic E-state index is -0.439. The number of halogens is 2. The molecule has 0 radical (unpaired) electrons. The Morgan fingerprint density at radius 2 is 1.57 bits per heavy atom. The lowest BCUT2D eigenvalue weighted by molar-refractivity contribution is 1.06. The number of rotatable bonds is 1. The Balaban J connectivity index is 2.25. The average Bonchev–Trinajstić information content (AvgIpc) is 3.03. The zero-order valence-electron chi connectivity index (χ0n) is 17.0. The first kappa shape index (κ1) is 7.49. The first-order valence-electron chi connectivity index (χ1n) is 9.13. The van der Waals surface area contributed by atoms with E-state index in [0.29, 0.717) is 0 Å². The van der Waals surface area contributed by atoms with Crippen molar-refractivity contribution in [3.63, 3.8) is 0 Å². The fourth-order valence-corrected chi connectivity index (χ4v) is 3.13. The highest BCUT2D eigenvalue weighted by atomic mass is 35.5. The second-order valence-corrected chi connectivity index (χ2v) is 5.65. The predicted molar refractivity (Wildman–Crippen MR) is 88.2 cm³/mol. The molecule has 3 nitrogen and oxygen atoms in total. The van der Waals surface area contributed by atoms with Crippen LogP contribution in [0.4, 0.5) is 0 Å². The van der Waals surface area contributed by atoms with Crippen LogP contribution in [0.1, 0.15) is 9.60 Å². The number of nitrogens with zero attached hydrogens (tertiary/aromatic N) is 3. The van der Waals surface area contributed by atoms with Gasteiger partial charge in [-0.15, -0.1) is 11.3 Å². The minimum absolute atomic E-state index is 0.115. The van der Waals surface area contributed by atoms with Gasteiger partial charge < -0.3 is 0 Å². The highest BCUT2D eigenvalue weighted by molar-refractivity contribution is 7.25. The number of thiophene rings is 1. The van der Waals surface area contributed by atoms with E-state index in [2.05, 4.69) is 15.0 Å². The van der Waals surface area contributed by atoms with Gasteiger partial charge in [0.1, 0.15) is 0 Å². The smallest absolute Gasteiger partial charge is 0.198 e. The third-order valence-electron chi connectivity index (χ3n) is 2.69. The molecule has 4 rings (SSSR count). The molecule has 21 heavy (non-hydrogen) atoms. The average molecular weight is 339 g/mol. The van der Waals surface area contributed by atoms with Crippen LogP contribution in [0.15, 0.2) is 42.3 Å². The van der Waals surface area contributed by atoms with Crippen LogP contribution < -0.4 is 0 Å². The molecule has 0 atom stereocenters. The number of benzene rings is 2. The van der Waals surface area contributed by atoms with E-state index in [1.165, 1.54) is 0 Å². The molecule has 0 aliphatic rings. The summed E-state index contributed by atoms with van der Waals surface area (Å²) in [7, 11) is 0. The van der Waals surface area contributed by atoms with Crippen molar-refractivity contribution in [2.75, 3.05) is 0 Å². The molecular weight excluding hydrogens is 325 g/mol. The van der Waals surface area contributed by atoms with Crippen LogP contribution >= 0.6 is 34.5 Å². The number of hydrogen-bond donors (Lipinski definition) is 0. The SMILES string of the molecule is [2H]c1c([2H])c([2H])c2c(sc3c([2H])c([2H])c(-c4nc(Cl)nc(Cl)n4)c([2H])c32)c1[2H]. The molecule has 0 saturated carbocycles. The molecule has 0 N–H and O–H groups in total. The lowest BCUT2D eigenvalue weighted by Crippen LogP contribution is -1.93. The van der Waals surface area contributed by atoms with Gasteiger partial charge in [-0.1, -0.05) is 18.1 Å². The molecule has 0 bridgehead atoms. The van der Waals surface area contributed by atoms with E-state index in [1.807, 2.05) is 0 Å². The molecule has 0 unspecified atom stereocenters. The van der Waals surface area contributed by atoms with Crippen molar-refractivity contribution >= 4 is 54.7 Å². The van der Waals surface area contributed by atoms with Gasteiger partial charge in [0.2, 0.25) is 10.6 Å².